The molecule has 0 saturated carbocycles. The third-order valence-corrected chi connectivity index (χ3v) is 3.03. The quantitative estimate of drug-likeness (QED) is 0.767. The molecule has 0 bridgehead atoms. The fourth-order valence-electron chi connectivity index (χ4n) is 2.10. The molecule has 1 aromatic heterocycles. The zero-order chi connectivity index (χ0) is 10.8. The number of pyridine rings is 1. The lowest BCUT2D eigenvalue weighted by atomic mass is 10.0. The third kappa shape index (κ3) is 1.72. The molecule has 1 saturated heterocycles. The van der Waals surface area contributed by atoms with Crippen LogP contribution in [0.2, 0.25) is 0 Å². The van der Waals surface area contributed by atoms with E-state index in [4.69, 9.17) is 5.73 Å². The predicted molar refractivity (Wildman–Crippen MR) is 56.9 cm³/mol. The minimum absolute atomic E-state index is 0.0276. The number of rotatable bonds is 2. The van der Waals surface area contributed by atoms with E-state index in [1.807, 2.05) is 25.4 Å². The van der Waals surface area contributed by atoms with Gasteiger partial charge in [0.25, 0.3) is 0 Å². The lowest BCUT2D eigenvalue weighted by Gasteiger charge is -2.19. The molecule has 4 nitrogen and oxygen atoms in total. The van der Waals surface area contributed by atoms with Crippen LogP contribution in [0, 0.1) is 5.92 Å². The van der Waals surface area contributed by atoms with Gasteiger partial charge >= 0.3 is 0 Å². The normalized spacial score (nSPS) is 26.0. The first-order valence-corrected chi connectivity index (χ1v) is 5.10. The summed E-state index contributed by atoms with van der Waals surface area (Å²) < 4.78 is 0. The zero-order valence-corrected chi connectivity index (χ0v) is 8.76. The summed E-state index contributed by atoms with van der Waals surface area (Å²) in [6.07, 6.45) is 4.35. The summed E-state index contributed by atoms with van der Waals surface area (Å²) in [6.45, 7) is 0.430. The highest BCUT2D eigenvalue weighted by Gasteiger charge is 2.36. The number of hydrogen-bond donors (Lipinski definition) is 1. The molecular weight excluding hydrogens is 190 g/mol. The van der Waals surface area contributed by atoms with Gasteiger partial charge in [-0.1, -0.05) is 6.07 Å². The molecule has 15 heavy (non-hydrogen) atoms. The number of carbonyl (C=O) groups excluding carboxylic acids is 1. The molecular formula is C11H15N3O. The van der Waals surface area contributed by atoms with E-state index in [1.54, 1.807) is 11.1 Å². The van der Waals surface area contributed by atoms with Crippen molar-refractivity contribution in [2.24, 2.45) is 11.7 Å². The van der Waals surface area contributed by atoms with E-state index in [0.29, 0.717) is 6.54 Å². The molecule has 0 aliphatic carbocycles. The first-order valence-electron chi connectivity index (χ1n) is 5.10. The maximum absolute atomic E-state index is 11.7. The zero-order valence-electron chi connectivity index (χ0n) is 8.76. The van der Waals surface area contributed by atoms with Crippen molar-refractivity contribution in [3.05, 3.63) is 30.1 Å². The molecule has 1 aliphatic rings. The Morgan fingerprint density at radius 1 is 1.67 bits per heavy atom. The molecule has 0 aromatic carbocycles. The fraction of sp³-hybridized carbons (Fsp3) is 0.455. The second kappa shape index (κ2) is 3.98. The molecule has 2 heterocycles. The lowest BCUT2D eigenvalue weighted by molar-refractivity contribution is -0.130. The monoisotopic (exact) mass is 205 g/mol. The SMILES string of the molecule is CN1C(=O)C(CN)CC1c1cccnc1. The van der Waals surface area contributed by atoms with Crippen LogP contribution in [0.25, 0.3) is 0 Å². The first kappa shape index (κ1) is 10.1. The van der Waals surface area contributed by atoms with Crippen LogP contribution in [0.4, 0.5) is 0 Å². The molecule has 1 amide bonds. The topological polar surface area (TPSA) is 59.2 Å². The van der Waals surface area contributed by atoms with Crippen LogP contribution >= 0.6 is 0 Å². The van der Waals surface area contributed by atoms with Crippen molar-refractivity contribution in [3.63, 3.8) is 0 Å². The smallest absolute Gasteiger partial charge is 0.227 e. The van der Waals surface area contributed by atoms with E-state index in [9.17, 15) is 4.79 Å². The average Bonchev–Trinajstić information content (AvgIpc) is 2.57. The summed E-state index contributed by atoms with van der Waals surface area (Å²) >= 11 is 0. The lowest BCUT2D eigenvalue weighted by Crippen LogP contribution is -2.27. The van der Waals surface area contributed by atoms with Gasteiger partial charge in [0, 0.05) is 26.0 Å². The Morgan fingerprint density at radius 3 is 3.00 bits per heavy atom. The average molecular weight is 205 g/mol. The maximum atomic E-state index is 11.7. The summed E-state index contributed by atoms with van der Waals surface area (Å²) in [4.78, 5) is 17.6. The van der Waals surface area contributed by atoms with Crippen molar-refractivity contribution in [2.75, 3.05) is 13.6 Å². The largest absolute Gasteiger partial charge is 0.338 e. The molecule has 2 N–H and O–H groups in total. The summed E-state index contributed by atoms with van der Waals surface area (Å²) in [5.74, 6) is 0.117. The Bertz CT molecular complexity index is 352. The van der Waals surface area contributed by atoms with Crippen molar-refractivity contribution in [2.45, 2.75) is 12.5 Å². The highest BCUT2D eigenvalue weighted by atomic mass is 16.2. The van der Waals surface area contributed by atoms with Gasteiger partial charge in [-0.3, -0.25) is 9.78 Å². The van der Waals surface area contributed by atoms with Crippen LogP contribution < -0.4 is 5.73 Å². The van der Waals surface area contributed by atoms with E-state index in [0.717, 1.165) is 12.0 Å². The Kier molecular flexibility index (Phi) is 2.68. The highest BCUT2D eigenvalue weighted by molar-refractivity contribution is 5.81. The van der Waals surface area contributed by atoms with Gasteiger partial charge in [0.2, 0.25) is 5.91 Å². The number of carbonyl (C=O) groups is 1. The third-order valence-electron chi connectivity index (χ3n) is 3.03. The Hall–Kier alpha value is -1.42. The molecule has 1 fully saturated rings. The highest BCUT2D eigenvalue weighted by Crippen LogP contribution is 2.33. The first-order chi connectivity index (χ1) is 7.24. The van der Waals surface area contributed by atoms with E-state index in [1.165, 1.54) is 0 Å². The molecule has 0 radical (unpaired) electrons. The van der Waals surface area contributed by atoms with Gasteiger partial charge in [0.05, 0.1) is 12.0 Å². The van der Waals surface area contributed by atoms with Crippen LogP contribution in [-0.2, 0) is 4.79 Å². The minimum atomic E-state index is -0.0276. The van der Waals surface area contributed by atoms with Gasteiger partial charge < -0.3 is 10.6 Å². The summed E-state index contributed by atoms with van der Waals surface area (Å²) in [6, 6.07) is 4.03. The summed E-state index contributed by atoms with van der Waals surface area (Å²) in [7, 11) is 1.83. The Morgan fingerprint density at radius 2 is 2.47 bits per heavy atom. The molecule has 1 aromatic rings. The van der Waals surface area contributed by atoms with Gasteiger partial charge in [0.15, 0.2) is 0 Å². The number of nitrogens with zero attached hydrogens (tertiary/aromatic N) is 2. The Labute approximate surface area is 89.1 Å². The molecule has 4 heteroatoms. The standard InChI is InChI=1S/C11H15N3O/c1-14-10(5-9(6-12)11(14)15)8-3-2-4-13-7-8/h2-4,7,9-10H,5-6,12H2,1H3. The molecule has 80 valence electrons. The van der Waals surface area contributed by atoms with Crippen molar-refractivity contribution >= 4 is 5.91 Å². The van der Waals surface area contributed by atoms with Gasteiger partial charge in [0.1, 0.15) is 0 Å². The Balaban J connectivity index is 2.22. The molecule has 0 spiro atoms. The van der Waals surface area contributed by atoms with Gasteiger partial charge in [-0.25, -0.2) is 0 Å². The number of nitrogens with two attached hydrogens (primary N) is 1. The van der Waals surface area contributed by atoms with Crippen LogP contribution in [0.3, 0.4) is 0 Å². The van der Waals surface area contributed by atoms with Crippen LogP contribution in [-0.4, -0.2) is 29.4 Å². The molecule has 2 atom stereocenters. The van der Waals surface area contributed by atoms with E-state index in [-0.39, 0.29) is 17.9 Å². The molecule has 2 unspecified atom stereocenters. The summed E-state index contributed by atoms with van der Waals surface area (Å²) in [5.41, 5.74) is 6.65. The van der Waals surface area contributed by atoms with Gasteiger partial charge in [-0.05, 0) is 18.1 Å². The van der Waals surface area contributed by atoms with E-state index >= 15 is 0 Å². The number of amides is 1. The molecule has 1 aliphatic heterocycles. The van der Waals surface area contributed by atoms with Crippen LogP contribution in [0.15, 0.2) is 24.5 Å². The van der Waals surface area contributed by atoms with Crippen molar-refractivity contribution in [1.82, 2.24) is 9.88 Å². The second-order valence-electron chi connectivity index (χ2n) is 3.92. The van der Waals surface area contributed by atoms with Crippen molar-refractivity contribution in [1.29, 1.82) is 0 Å². The van der Waals surface area contributed by atoms with Crippen molar-refractivity contribution in [3.8, 4) is 0 Å². The minimum Gasteiger partial charge on any atom is -0.338 e. The van der Waals surface area contributed by atoms with E-state index < -0.39 is 0 Å². The van der Waals surface area contributed by atoms with Gasteiger partial charge in [-0.15, -0.1) is 0 Å². The van der Waals surface area contributed by atoms with E-state index in [2.05, 4.69) is 4.98 Å². The number of likely N-dealkylation sites (tertiary alicyclic amines) is 1. The van der Waals surface area contributed by atoms with Crippen molar-refractivity contribution < 1.29 is 4.79 Å². The summed E-state index contributed by atoms with van der Waals surface area (Å²) in [5, 5.41) is 0. The number of hydrogen-bond acceptors (Lipinski definition) is 3. The predicted octanol–water partition coefficient (Wildman–Crippen LogP) is 0.560. The number of aromatic nitrogens is 1. The van der Waals surface area contributed by atoms with Crippen LogP contribution in [0.5, 0.6) is 0 Å². The van der Waals surface area contributed by atoms with Crippen LogP contribution in [0.1, 0.15) is 18.0 Å². The molecule has 2 rings (SSSR count). The maximum Gasteiger partial charge on any atom is 0.227 e. The fourth-order valence-corrected chi connectivity index (χ4v) is 2.10. The second-order valence-corrected chi connectivity index (χ2v) is 3.92. The van der Waals surface area contributed by atoms with Gasteiger partial charge in [-0.2, -0.15) is 0 Å².